The summed E-state index contributed by atoms with van der Waals surface area (Å²) >= 11 is 0. The molecule has 0 aliphatic rings. The van der Waals surface area contributed by atoms with Gasteiger partial charge in [-0.05, 0) is 36.4 Å². The van der Waals surface area contributed by atoms with E-state index in [1.807, 2.05) is 66.7 Å². The van der Waals surface area contributed by atoms with Gasteiger partial charge in [0.05, 0.1) is 23.8 Å². The number of nitrogens with zero attached hydrogens (tertiary/aromatic N) is 4. The van der Waals surface area contributed by atoms with Gasteiger partial charge in [0.15, 0.2) is 11.3 Å². The molecule has 0 aliphatic heterocycles. The molecule has 0 bridgehead atoms. The maximum absolute atomic E-state index is 13.2. The Balaban J connectivity index is 1.78. The lowest BCUT2D eigenvalue weighted by atomic mass is 10.1. The Morgan fingerprint density at radius 1 is 0.828 bits per heavy atom. The highest BCUT2D eigenvalue weighted by molar-refractivity contribution is 6.14. The predicted molar refractivity (Wildman–Crippen MR) is 111 cm³/mol. The van der Waals surface area contributed by atoms with E-state index >= 15 is 0 Å². The fraction of sp³-hybridized carbons (Fsp3) is 0.0435. The van der Waals surface area contributed by atoms with Crippen LogP contribution in [-0.4, -0.2) is 32.6 Å². The van der Waals surface area contributed by atoms with Crippen molar-refractivity contribution >= 4 is 28.0 Å². The normalized spacial score (nSPS) is 11.1. The number of ketones is 1. The lowest BCUT2D eigenvalue weighted by Crippen LogP contribution is -2.04. The van der Waals surface area contributed by atoms with Crippen LogP contribution in [-0.2, 0) is 0 Å². The Hall–Kier alpha value is -4.06. The van der Waals surface area contributed by atoms with Crippen LogP contribution in [0, 0.1) is 0 Å². The van der Waals surface area contributed by atoms with Crippen molar-refractivity contribution in [3.05, 3.63) is 90.1 Å². The summed E-state index contributed by atoms with van der Waals surface area (Å²) in [6.07, 6.45) is 0. The molecule has 0 atom stereocenters. The SMILES string of the molecule is COc1ccc(-n2nc(C(=O)c3ccccc3)c3nc4ccccc4nc32)cc1. The Labute approximate surface area is 166 Å². The molecule has 2 aromatic heterocycles. The van der Waals surface area contributed by atoms with E-state index in [4.69, 9.17) is 14.7 Å². The second-order valence-electron chi connectivity index (χ2n) is 6.54. The first-order valence-corrected chi connectivity index (χ1v) is 9.14. The monoisotopic (exact) mass is 380 g/mol. The number of methoxy groups -OCH3 is 1. The lowest BCUT2D eigenvalue weighted by Gasteiger charge is -2.04. The minimum atomic E-state index is -0.188. The number of rotatable bonds is 4. The Kier molecular flexibility index (Phi) is 4.02. The second kappa shape index (κ2) is 6.83. The fourth-order valence-corrected chi connectivity index (χ4v) is 3.27. The molecule has 0 N–H and O–H groups in total. The van der Waals surface area contributed by atoms with E-state index in [0.29, 0.717) is 16.7 Å². The molecule has 5 rings (SSSR count). The predicted octanol–water partition coefficient (Wildman–Crippen LogP) is 4.21. The molecule has 0 saturated heterocycles. The molecule has 3 aromatic carbocycles. The van der Waals surface area contributed by atoms with Crippen LogP contribution in [0.3, 0.4) is 0 Å². The van der Waals surface area contributed by atoms with Gasteiger partial charge in [0.25, 0.3) is 0 Å². The summed E-state index contributed by atoms with van der Waals surface area (Å²) in [5, 5.41) is 4.62. The van der Waals surface area contributed by atoms with E-state index in [2.05, 4.69) is 5.10 Å². The minimum absolute atomic E-state index is 0.188. The highest BCUT2D eigenvalue weighted by Gasteiger charge is 2.22. The van der Waals surface area contributed by atoms with Crippen molar-refractivity contribution in [3.8, 4) is 11.4 Å². The number of para-hydroxylation sites is 2. The van der Waals surface area contributed by atoms with Gasteiger partial charge in [-0.25, -0.2) is 14.6 Å². The number of aromatic nitrogens is 4. The van der Waals surface area contributed by atoms with Crippen LogP contribution in [0.15, 0.2) is 78.9 Å². The summed E-state index contributed by atoms with van der Waals surface area (Å²) in [5.74, 6) is 0.551. The van der Waals surface area contributed by atoms with Crippen molar-refractivity contribution < 1.29 is 9.53 Å². The van der Waals surface area contributed by atoms with Crippen molar-refractivity contribution in [2.45, 2.75) is 0 Å². The van der Waals surface area contributed by atoms with Crippen LogP contribution in [0.1, 0.15) is 16.1 Å². The molecule has 5 aromatic rings. The number of hydrogen-bond acceptors (Lipinski definition) is 5. The summed E-state index contributed by atoms with van der Waals surface area (Å²) in [4.78, 5) is 22.6. The number of fused-ring (bicyclic) bond motifs is 2. The van der Waals surface area contributed by atoms with Gasteiger partial charge in [0.1, 0.15) is 11.3 Å². The maximum Gasteiger partial charge on any atom is 0.215 e. The smallest absolute Gasteiger partial charge is 0.215 e. The molecule has 6 nitrogen and oxygen atoms in total. The molecular formula is C23H16N4O2. The van der Waals surface area contributed by atoms with Crippen LogP contribution >= 0.6 is 0 Å². The highest BCUT2D eigenvalue weighted by atomic mass is 16.5. The quantitative estimate of drug-likeness (QED) is 0.437. The summed E-state index contributed by atoms with van der Waals surface area (Å²) in [6.45, 7) is 0. The molecule has 0 spiro atoms. The van der Waals surface area contributed by atoms with Crippen molar-refractivity contribution in [1.29, 1.82) is 0 Å². The molecule has 6 heteroatoms. The van der Waals surface area contributed by atoms with Crippen molar-refractivity contribution in [2.75, 3.05) is 7.11 Å². The van der Waals surface area contributed by atoms with Crippen LogP contribution in [0.2, 0.25) is 0 Å². The van der Waals surface area contributed by atoms with Crippen molar-refractivity contribution in [2.24, 2.45) is 0 Å². The van der Waals surface area contributed by atoms with Gasteiger partial charge < -0.3 is 4.74 Å². The van der Waals surface area contributed by atoms with E-state index in [0.717, 1.165) is 22.5 Å². The highest BCUT2D eigenvalue weighted by Crippen LogP contribution is 2.25. The molecule has 0 amide bonds. The first-order chi connectivity index (χ1) is 14.2. The first kappa shape index (κ1) is 17.1. The molecule has 2 heterocycles. The Morgan fingerprint density at radius 2 is 1.48 bits per heavy atom. The van der Waals surface area contributed by atoms with Crippen LogP contribution in [0.25, 0.3) is 27.9 Å². The second-order valence-corrected chi connectivity index (χ2v) is 6.54. The summed E-state index contributed by atoms with van der Waals surface area (Å²) in [7, 11) is 1.62. The van der Waals surface area contributed by atoms with E-state index in [-0.39, 0.29) is 11.5 Å². The molecule has 29 heavy (non-hydrogen) atoms. The van der Waals surface area contributed by atoms with Gasteiger partial charge in [-0.2, -0.15) is 5.10 Å². The number of carbonyl (C=O) groups excluding carboxylic acids is 1. The van der Waals surface area contributed by atoms with E-state index in [9.17, 15) is 4.79 Å². The lowest BCUT2D eigenvalue weighted by molar-refractivity contribution is 0.103. The molecule has 0 fully saturated rings. The average molecular weight is 380 g/mol. The zero-order valence-electron chi connectivity index (χ0n) is 15.6. The minimum Gasteiger partial charge on any atom is -0.497 e. The molecule has 140 valence electrons. The van der Waals surface area contributed by atoms with Crippen LogP contribution < -0.4 is 4.74 Å². The van der Waals surface area contributed by atoms with Gasteiger partial charge >= 0.3 is 0 Å². The first-order valence-electron chi connectivity index (χ1n) is 9.14. The van der Waals surface area contributed by atoms with Crippen LogP contribution in [0.5, 0.6) is 5.75 Å². The van der Waals surface area contributed by atoms with Gasteiger partial charge in [-0.15, -0.1) is 0 Å². The Morgan fingerprint density at radius 3 is 2.17 bits per heavy atom. The fourth-order valence-electron chi connectivity index (χ4n) is 3.27. The van der Waals surface area contributed by atoms with Gasteiger partial charge in [0.2, 0.25) is 5.78 Å². The van der Waals surface area contributed by atoms with Gasteiger partial charge in [-0.3, -0.25) is 4.79 Å². The number of hydrogen-bond donors (Lipinski definition) is 0. The van der Waals surface area contributed by atoms with Crippen molar-refractivity contribution in [3.63, 3.8) is 0 Å². The standard InChI is InChI=1S/C23H16N4O2/c1-29-17-13-11-16(12-14-17)27-23-21(24-18-9-5-6-10-19(18)25-23)20(26-27)22(28)15-7-3-2-4-8-15/h2-14H,1H3. The molecule has 0 unspecified atom stereocenters. The third kappa shape index (κ3) is 2.91. The average Bonchev–Trinajstić information content (AvgIpc) is 3.16. The third-order valence-corrected chi connectivity index (χ3v) is 4.75. The van der Waals surface area contributed by atoms with Gasteiger partial charge in [-0.1, -0.05) is 42.5 Å². The number of ether oxygens (including phenoxy) is 1. The topological polar surface area (TPSA) is 69.9 Å². The van der Waals surface area contributed by atoms with E-state index < -0.39 is 0 Å². The zero-order valence-corrected chi connectivity index (χ0v) is 15.6. The Bertz CT molecular complexity index is 1340. The molecule has 0 aliphatic carbocycles. The summed E-state index contributed by atoms with van der Waals surface area (Å²) in [6, 6.07) is 24.1. The van der Waals surface area contributed by atoms with Crippen LogP contribution in [0.4, 0.5) is 0 Å². The molecule has 0 radical (unpaired) electrons. The van der Waals surface area contributed by atoms with Crippen molar-refractivity contribution in [1.82, 2.24) is 19.7 Å². The molecule has 0 saturated carbocycles. The largest absolute Gasteiger partial charge is 0.497 e. The van der Waals surface area contributed by atoms with Gasteiger partial charge in [0, 0.05) is 5.56 Å². The maximum atomic E-state index is 13.2. The number of benzene rings is 3. The summed E-state index contributed by atoms with van der Waals surface area (Å²) in [5.41, 5.74) is 4.09. The van der Waals surface area contributed by atoms with E-state index in [1.54, 1.807) is 23.9 Å². The zero-order chi connectivity index (χ0) is 19.8. The van der Waals surface area contributed by atoms with E-state index in [1.165, 1.54) is 0 Å². The molecular weight excluding hydrogens is 364 g/mol. The summed E-state index contributed by atoms with van der Waals surface area (Å²) < 4.78 is 6.90. The number of carbonyl (C=O) groups is 1. The third-order valence-electron chi connectivity index (χ3n) is 4.75.